The number of hydrogen-bond donors (Lipinski definition) is 4. The van der Waals surface area contributed by atoms with Gasteiger partial charge in [-0.1, -0.05) is 13.8 Å². The lowest BCUT2D eigenvalue weighted by molar-refractivity contribution is -0.137. The maximum absolute atomic E-state index is 12.0. The number of aliphatic hydroxyl groups excluding tert-OH is 1. The highest BCUT2D eigenvalue weighted by Gasteiger charge is 2.35. The molecule has 1 heterocycles. The van der Waals surface area contributed by atoms with Crippen molar-refractivity contribution in [3.05, 3.63) is 0 Å². The molecular weight excluding hydrogens is 318 g/mol. The summed E-state index contributed by atoms with van der Waals surface area (Å²) in [5, 5.41) is 15.2. The molecule has 1 saturated heterocycles. The largest absolute Gasteiger partial charge is 0.443 e. The number of nitrogens with one attached hydrogen (secondary N) is 2. The van der Waals surface area contributed by atoms with Crippen molar-refractivity contribution in [3.63, 3.8) is 0 Å². The normalized spacial score (nSPS) is 19.7. The molecule has 1 rings (SSSR count). The molecule has 1 aliphatic heterocycles. The van der Waals surface area contributed by atoms with Crippen molar-refractivity contribution in [2.75, 3.05) is 26.3 Å². The van der Waals surface area contributed by atoms with Gasteiger partial charge in [0.25, 0.3) is 5.91 Å². The molecule has 0 radical (unpaired) electrons. The molecule has 3 atom stereocenters. The molecule has 0 aromatic carbocycles. The Kier molecular flexibility index (Phi) is 8.48. The molecular formula is C15H27N3O6. The van der Waals surface area contributed by atoms with E-state index in [-0.39, 0.29) is 18.9 Å². The predicted octanol–water partition coefficient (Wildman–Crippen LogP) is -0.874. The third kappa shape index (κ3) is 7.14. The summed E-state index contributed by atoms with van der Waals surface area (Å²) in [4.78, 5) is 34.6. The lowest BCUT2D eigenvalue weighted by atomic mass is 9.96. The molecule has 0 aromatic heterocycles. The highest BCUT2D eigenvalue weighted by Crippen LogP contribution is 2.20. The van der Waals surface area contributed by atoms with Crippen LogP contribution in [0.15, 0.2) is 0 Å². The van der Waals surface area contributed by atoms with Crippen LogP contribution < -0.4 is 16.4 Å². The van der Waals surface area contributed by atoms with Gasteiger partial charge in [-0.2, -0.15) is 0 Å². The Morgan fingerprint density at radius 1 is 1.46 bits per heavy atom. The zero-order chi connectivity index (χ0) is 18.1. The Morgan fingerprint density at radius 3 is 2.71 bits per heavy atom. The Morgan fingerprint density at radius 2 is 2.17 bits per heavy atom. The van der Waals surface area contributed by atoms with Crippen molar-refractivity contribution in [1.29, 1.82) is 0 Å². The van der Waals surface area contributed by atoms with E-state index in [0.29, 0.717) is 32.1 Å². The van der Waals surface area contributed by atoms with Crippen molar-refractivity contribution in [3.8, 4) is 0 Å². The fourth-order valence-electron chi connectivity index (χ4n) is 2.38. The molecule has 0 aromatic rings. The van der Waals surface area contributed by atoms with Crippen LogP contribution in [-0.2, 0) is 19.1 Å². The van der Waals surface area contributed by atoms with Crippen LogP contribution >= 0.6 is 0 Å². The van der Waals surface area contributed by atoms with Crippen LogP contribution in [-0.4, -0.2) is 61.5 Å². The van der Waals surface area contributed by atoms with Gasteiger partial charge in [0.2, 0.25) is 5.91 Å². The zero-order valence-corrected chi connectivity index (χ0v) is 14.1. The average molecular weight is 345 g/mol. The minimum absolute atomic E-state index is 0.0349. The maximum Gasteiger partial charge on any atom is 0.404 e. The molecule has 0 aliphatic carbocycles. The highest BCUT2D eigenvalue weighted by molar-refractivity contribution is 5.83. The van der Waals surface area contributed by atoms with E-state index >= 15 is 0 Å². The smallest absolute Gasteiger partial charge is 0.404 e. The van der Waals surface area contributed by atoms with Gasteiger partial charge in [0, 0.05) is 25.6 Å². The minimum Gasteiger partial charge on any atom is -0.443 e. The molecule has 1 aliphatic rings. The van der Waals surface area contributed by atoms with E-state index in [0.717, 1.165) is 0 Å². The molecule has 0 bridgehead atoms. The molecule has 1 unspecified atom stereocenters. The lowest BCUT2D eigenvalue weighted by Gasteiger charge is -2.23. The number of aliphatic hydroxyl groups is 1. The van der Waals surface area contributed by atoms with Crippen LogP contribution in [0.5, 0.6) is 0 Å². The van der Waals surface area contributed by atoms with Gasteiger partial charge in [-0.25, -0.2) is 4.79 Å². The van der Waals surface area contributed by atoms with Crippen LogP contribution in [0.4, 0.5) is 4.79 Å². The summed E-state index contributed by atoms with van der Waals surface area (Å²) in [6.07, 6.45) is -3.29. The topological polar surface area (TPSA) is 140 Å². The zero-order valence-electron chi connectivity index (χ0n) is 14.1. The van der Waals surface area contributed by atoms with Gasteiger partial charge in [0.1, 0.15) is 6.10 Å². The summed E-state index contributed by atoms with van der Waals surface area (Å²) in [5.41, 5.74) is 4.98. The van der Waals surface area contributed by atoms with Gasteiger partial charge in [-0.15, -0.1) is 0 Å². The molecule has 0 spiro atoms. The monoisotopic (exact) mass is 345 g/mol. The first-order valence-corrected chi connectivity index (χ1v) is 8.08. The van der Waals surface area contributed by atoms with Gasteiger partial charge in [-0.05, 0) is 18.8 Å². The van der Waals surface area contributed by atoms with E-state index in [9.17, 15) is 19.5 Å². The van der Waals surface area contributed by atoms with Crippen LogP contribution in [0, 0.1) is 11.8 Å². The van der Waals surface area contributed by atoms with E-state index < -0.39 is 30.1 Å². The first-order chi connectivity index (χ1) is 11.3. The molecule has 24 heavy (non-hydrogen) atoms. The second-order valence-electron chi connectivity index (χ2n) is 6.19. The van der Waals surface area contributed by atoms with Crippen molar-refractivity contribution >= 4 is 17.9 Å². The second-order valence-corrected chi connectivity index (χ2v) is 6.19. The van der Waals surface area contributed by atoms with Crippen molar-refractivity contribution in [2.24, 2.45) is 17.6 Å². The summed E-state index contributed by atoms with van der Waals surface area (Å²) in [6, 6.07) is 0. The maximum atomic E-state index is 12.0. The van der Waals surface area contributed by atoms with Crippen LogP contribution in [0.2, 0.25) is 0 Å². The van der Waals surface area contributed by atoms with E-state index in [1.165, 1.54) is 0 Å². The van der Waals surface area contributed by atoms with E-state index in [2.05, 4.69) is 10.6 Å². The Labute approximate surface area is 141 Å². The number of amides is 3. The molecule has 9 heteroatoms. The van der Waals surface area contributed by atoms with Crippen LogP contribution in [0.3, 0.4) is 0 Å². The summed E-state index contributed by atoms with van der Waals surface area (Å²) in [7, 11) is 0. The van der Waals surface area contributed by atoms with Crippen LogP contribution in [0.25, 0.3) is 0 Å². The van der Waals surface area contributed by atoms with Crippen LogP contribution in [0.1, 0.15) is 26.7 Å². The molecule has 3 amide bonds. The summed E-state index contributed by atoms with van der Waals surface area (Å²) < 4.78 is 10.1. The van der Waals surface area contributed by atoms with Gasteiger partial charge < -0.3 is 30.9 Å². The van der Waals surface area contributed by atoms with Crippen molar-refractivity contribution in [1.82, 2.24) is 10.6 Å². The molecule has 138 valence electrons. The summed E-state index contributed by atoms with van der Waals surface area (Å²) in [6.45, 7) is 5.63. The number of rotatable bonds is 10. The van der Waals surface area contributed by atoms with Gasteiger partial charge in [-0.3, -0.25) is 9.59 Å². The highest BCUT2D eigenvalue weighted by atomic mass is 16.6. The van der Waals surface area contributed by atoms with Gasteiger partial charge >= 0.3 is 6.09 Å². The SMILES string of the molecule is CC(C)COCCNC(=O)C(O)[C@H](C[C@@H]1CCNC1=O)OC(N)=O. The standard InChI is InChI=1S/C15H27N3O6/c1-9(2)8-23-6-5-18-14(21)12(19)11(24-15(16)22)7-10-3-4-17-13(10)20/h9-12,19H,3-8H2,1-2H3,(H2,16,22)(H,17,20)(H,18,21)/t10-,11-,12?/m0/s1. The third-order valence-corrected chi connectivity index (χ3v) is 3.56. The van der Waals surface area contributed by atoms with Gasteiger partial charge in [0.15, 0.2) is 6.10 Å². The molecule has 0 saturated carbocycles. The Hall–Kier alpha value is -1.87. The number of primary amides is 1. The molecule has 1 fully saturated rings. The van der Waals surface area contributed by atoms with E-state index in [1.807, 2.05) is 13.8 Å². The van der Waals surface area contributed by atoms with E-state index in [1.54, 1.807) is 0 Å². The van der Waals surface area contributed by atoms with Crippen molar-refractivity contribution < 1.29 is 29.0 Å². The van der Waals surface area contributed by atoms with Gasteiger partial charge in [0.05, 0.1) is 6.61 Å². The fraction of sp³-hybridized carbons (Fsp3) is 0.800. The fourth-order valence-corrected chi connectivity index (χ4v) is 2.38. The first-order valence-electron chi connectivity index (χ1n) is 8.08. The lowest BCUT2D eigenvalue weighted by Crippen LogP contribution is -2.46. The summed E-state index contributed by atoms with van der Waals surface area (Å²) in [5.74, 6) is -0.932. The summed E-state index contributed by atoms with van der Waals surface area (Å²) >= 11 is 0. The Balaban J connectivity index is 2.46. The predicted molar refractivity (Wildman–Crippen MR) is 84.9 cm³/mol. The number of carbonyl (C=O) groups excluding carboxylic acids is 3. The number of ether oxygens (including phenoxy) is 2. The van der Waals surface area contributed by atoms with Crippen molar-refractivity contribution in [2.45, 2.75) is 38.9 Å². The quantitative estimate of drug-likeness (QED) is 0.379. The third-order valence-electron chi connectivity index (χ3n) is 3.56. The van der Waals surface area contributed by atoms with E-state index in [4.69, 9.17) is 15.2 Å². The minimum atomic E-state index is -1.60. The molecule has 9 nitrogen and oxygen atoms in total. The Bertz CT molecular complexity index is 443. The number of carbonyl (C=O) groups is 3. The molecule has 5 N–H and O–H groups in total. The number of nitrogens with two attached hydrogens (primary N) is 1. The first kappa shape index (κ1) is 20.2. The number of hydrogen-bond acceptors (Lipinski definition) is 6. The second kappa shape index (κ2) is 10.1. The average Bonchev–Trinajstić information content (AvgIpc) is 2.89.